The summed E-state index contributed by atoms with van der Waals surface area (Å²) in [7, 11) is 0. The molecule has 2 aromatic carbocycles. The van der Waals surface area contributed by atoms with Crippen LogP contribution in [-0.4, -0.2) is 4.87 Å². The predicted octanol–water partition coefficient (Wildman–Crippen LogP) is 4.99. The molecule has 0 atom stereocenters. The van der Waals surface area contributed by atoms with E-state index in [2.05, 4.69) is 0 Å². The molecule has 0 amide bonds. The lowest BCUT2D eigenvalue weighted by molar-refractivity contribution is 0.448. The van der Waals surface area contributed by atoms with E-state index in [-0.39, 0.29) is 0 Å². The molecule has 1 heteroatoms. The summed E-state index contributed by atoms with van der Waals surface area (Å²) in [4.78, 5) is -2.45. The maximum absolute atomic E-state index is 7.96. The zero-order valence-corrected chi connectivity index (χ0v) is 10.8. The molecule has 0 nitrogen and oxygen atoms in total. The Morgan fingerprint density at radius 1 is 0.944 bits per heavy atom. The molecule has 0 fully saturated rings. The molecular formula is C17H17Cl. The molecule has 1 aliphatic carbocycles. The third-order valence-corrected chi connectivity index (χ3v) is 4.29. The zero-order valence-electron chi connectivity index (χ0n) is 16.0. The quantitative estimate of drug-likeness (QED) is 0.635. The van der Waals surface area contributed by atoms with Crippen LogP contribution in [0, 0.1) is 0 Å². The van der Waals surface area contributed by atoms with Gasteiger partial charge in [0.2, 0.25) is 0 Å². The molecule has 0 saturated carbocycles. The first-order chi connectivity index (χ1) is 11.0. The van der Waals surface area contributed by atoms with Gasteiger partial charge in [0.25, 0.3) is 0 Å². The van der Waals surface area contributed by atoms with Crippen LogP contribution in [0.5, 0.6) is 0 Å². The van der Waals surface area contributed by atoms with Gasteiger partial charge in [-0.25, -0.2) is 0 Å². The highest BCUT2D eigenvalue weighted by Crippen LogP contribution is 2.55. The molecule has 0 N–H and O–H groups in total. The Labute approximate surface area is 122 Å². The Balaban J connectivity index is 2.45. The SMILES string of the molecule is [2H]C([2H])([2H])C(Cl)(C([2H])([2H])[2H])C1(C)c2ccccc2-c2ccccc21. The smallest absolute Gasteiger partial charge is 0.0525 e. The van der Waals surface area contributed by atoms with Crippen LogP contribution in [0.25, 0.3) is 11.1 Å². The van der Waals surface area contributed by atoms with Crippen molar-refractivity contribution in [2.75, 3.05) is 0 Å². The number of rotatable bonds is 1. The molecule has 1 aliphatic rings. The van der Waals surface area contributed by atoms with E-state index in [4.69, 9.17) is 19.8 Å². The Hall–Kier alpha value is -1.27. The van der Waals surface area contributed by atoms with Crippen molar-refractivity contribution in [1.29, 1.82) is 0 Å². The highest BCUT2D eigenvalue weighted by Gasteiger charge is 2.48. The van der Waals surface area contributed by atoms with Crippen molar-refractivity contribution in [3.05, 3.63) is 59.7 Å². The summed E-state index contributed by atoms with van der Waals surface area (Å²) in [6.45, 7) is -4.15. The fraction of sp³-hybridized carbons (Fsp3) is 0.294. The summed E-state index contributed by atoms with van der Waals surface area (Å²) in [6.07, 6.45) is 0. The lowest BCUT2D eigenvalue weighted by Gasteiger charge is -2.38. The molecule has 3 rings (SSSR count). The van der Waals surface area contributed by atoms with E-state index in [1.807, 2.05) is 24.3 Å². The lowest BCUT2D eigenvalue weighted by atomic mass is 9.71. The maximum atomic E-state index is 7.96. The third-order valence-electron chi connectivity index (χ3n) is 3.91. The van der Waals surface area contributed by atoms with Gasteiger partial charge in [-0.2, -0.15) is 0 Å². The van der Waals surface area contributed by atoms with Crippen molar-refractivity contribution >= 4 is 11.6 Å². The Morgan fingerprint density at radius 2 is 1.39 bits per heavy atom. The van der Waals surface area contributed by atoms with Crippen molar-refractivity contribution in [3.8, 4) is 11.1 Å². The summed E-state index contributed by atoms with van der Waals surface area (Å²) in [5.74, 6) is 0. The van der Waals surface area contributed by atoms with Gasteiger partial charge in [-0.3, -0.25) is 0 Å². The average Bonchev–Trinajstić information content (AvgIpc) is 2.76. The van der Waals surface area contributed by atoms with Gasteiger partial charge in [-0.15, -0.1) is 11.6 Å². The number of hydrogen-bond acceptors (Lipinski definition) is 0. The lowest BCUT2D eigenvalue weighted by Crippen LogP contribution is -2.40. The second kappa shape index (κ2) is 3.61. The van der Waals surface area contributed by atoms with Crippen molar-refractivity contribution in [3.63, 3.8) is 0 Å². The molecule has 0 unspecified atom stereocenters. The summed E-state index contributed by atoms with van der Waals surface area (Å²) in [5.41, 5.74) is 1.54. The molecule has 0 bridgehead atoms. The van der Waals surface area contributed by atoms with Crippen molar-refractivity contribution in [1.82, 2.24) is 0 Å². The average molecular weight is 263 g/mol. The van der Waals surface area contributed by atoms with Gasteiger partial charge in [-0.05, 0) is 42.9 Å². The second-order valence-electron chi connectivity index (χ2n) is 4.87. The maximum Gasteiger partial charge on any atom is 0.0525 e. The molecule has 92 valence electrons. The minimum absolute atomic E-state index is 0.633. The minimum Gasteiger partial charge on any atom is -0.119 e. The van der Waals surface area contributed by atoms with Crippen LogP contribution in [0.2, 0.25) is 0 Å². The molecular weight excluding hydrogens is 240 g/mol. The van der Waals surface area contributed by atoms with E-state index in [0.717, 1.165) is 11.1 Å². The zero-order chi connectivity index (χ0) is 18.0. The summed E-state index contributed by atoms with van der Waals surface area (Å²) in [5, 5.41) is 0. The monoisotopic (exact) mass is 262 g/mol. The molecule has 0 saturated heterocycles. The van der Waals surface area contributed by atoms with E-state index < -0.39 is 24.0 Å². The summed E-state index contributed by atoms with van der Waals surface area (Å²) < 4.78 is 47.7. The number of halogens is 1. The number of hydrogen-bond donors (Lipinski definition) is 0. The van der Waals surface area contributed by atoms with E-state index in [0.29, 0.717) is 11.1 Å². The van der Waals surface area contributed by atoms with Crippen molar-refractivity contribution in [2.45, 2.75) is 30.9 Å². The van der Waals surface area contributed by atoms with E-state index >= 15 is 0 Å². The normalized spacial score (nSPS) is 22.6. The first kappa shape index (κ1) is 6.77. The molecule has 2 aromatic rings. The minimum atomic E-state index is -2.89. The van der Waals surface area contributed by atoms with Crippen molar-refractivity contribution < 1.29 is 8.22 Å². The van der Waals surface area contributed by atoms with Gasteiger partial charge in [0.05, 0.1) is 4.87 Å². The molecule has 0 spiro atoms. The van der Waals surface area contributed by atoms with E-state index in [1.165, 1.54) is 0 Å². The Kier molecular flexibility index (Phi) is 1.36. The van der Waals surface area contributed by atoms with E-state index in [9.17, 15) is 0 Å². The van der Waals surface area contributed by atoms with Crippen LogP contribution in [-0.2, 0) is 5.41 Å². The molecule has 0 aromatic heterocycles. The van der Waals surface area contributed by atoms with Crippen LogP contribution in [0.3, 0.4) is 0 Å². The topological polar surface area (TPSA) is 0 Å². The van der Waals surface area contributed by atoms with Crippen LogP contribution in [0.1, 0.15) is 40.0 Å². The van der Waals surface area contributed by atoms with Crippen LogP contribution in [0.4, 0.5) is 0 Å². The number of fused-ring (bicyclic) bond motifs is 3. The van der Waals surface area contributed by atoms with Gasteiger partial charge in [0.15, 0.2) is 0 Å². The molecule has 0 aliphatic heterocycles. The number of benzene rings is 2. The standard InChI is InChI=1S/C17H17Cl/c1-16(2,18)17(3)14-10-6-4-8-12(14)13-9-5-7-11-15(13)17/h4-11H,1-3H3/i1D3,2D3. The Morgan fingerprint density at radius 3 is 1.83 bits per heavy atom. The van der Waals surface area contributed by atoms with Gasteiger partial charge in [0.1, 0.15) is 0 Å². The molecule has 0 heterocycles. The van der Waals surface area contributed by atoms with Gasteiger partial charge in [0, 0.05) is 13.6 Å². The first-order valence-electron chi connectivity index (χ1n) is 8.84. The largest absolute Gasteiger partial charge is 0.119 e. The highest BCUT2D eigenvalue weighted by molar-refractivity contribution is 6.25. The Bertz CT molecular complexity index is 731. The highest BCUT2D eigenvalue weighted by atomic mass is 35.5. The van der Waals surface area contributed by atoms with Crippen LogP contribution in [0.15, 0.2) is 48.5 Å². The predicted molar refractivity (Wildman–Crippen MR) is 78.3 cm³/mol. The first-order valence-corrected chi connectivity index (χ1v) is 6.22. The van der Waals surface area contributed by atoms with Gasteiger partial charge in [-0.1, -0.05) is 48.5 Å². The summed E-state index contributed by atoms with van der Waals surface area (Å²) >= 11 is 6.57. The van der Waals surface area contributed by atoms with Gasteiger partial charge < -0.3 is 0 Å². The molecule has 18 heavy (non-hydrogen) atoms. The van der Waals surface area contributed by atoms with Crippen LogP contribution < -0.4 is 0 Å². The number of alkyl halides is 1. The third kappa shape index (κ3) is 1.33. The van der Waals surface area contributed by atoms with Gasteiger partial charge >= 0.3 is 0 Å². The van der Waals surface area contributed by atoms with E-state index in [1.54, 1.807) is 31.2 Å². The van der Waals surface area contributed by atoms with Crippen molar-refractivity contribution in [2.24, 2.45) is 0 Å². The second-order valence-corrected chi connectivity index (χ2v) is 5.44. The fourth-order valence-corrected chi connectivity index (χ4v) is 3.03. The fourth-order valence-electron chi connectivity index (χ4n) is 2.82. The molecule has 0 radical (unpaired) electrons. The summed E-state index contributed by atoms with van der Waals surface area (Å²) in [6, 6.07) is 14.5. The van der Waals surface area contributed by atoms with Crippen LogP contribution >= 0.6 is 11.6 Å².